The third kappa shape index (κ3) is 5.79. The molecule has 0 aliphatic carbocycles. The van der Waals surface area contributed by atoms with Crippen molar-refractivity contribution in [3.63, 3.8) is 0 Å². The van der Waals surface area contributed by atoms with E-state index in [1.165, 1.54) is 11.1 Å². The van der Waals surface area contributed by atoms with Crippen LogP contribution in [-0.4, -0.2) is 42.7 Å². The zero-order valence-electron chi connectivity index (χ0n) is 15.2. The Kier molecular flexibility index (Phi) is 8.02. The molecule has 1 aromatic heterocycles. The second kappa shape index (κ2) is 10.2. The first-order valence-corrected chi connectivity index (χ1v) is 8.55. The van der Waals surface area contributed by atoms with Gasteiger partial charge in [-0.2, -0.15) is 5.10 Å². The summed E-state index contributed by atoms with van der Waals surface area (Å²) in [5, 5.41) is 10.9. The Morgan fingerprint density at radius 1 is 1.15 bits per heavy atom. The summed E-state index contributed by atoms with van der Waals surface area (Å²) in [5.74, 6) is 2.48. The van der Waals surface area contributed by atoms with E-state index >= 15 is 0 Å². The summed E-state index contributed by atoms with van der Waals surface area (Å²) in [4.78, 5) is 4.26. The molecule has 1 aromatic carbocycles. The molecule has 2 N–H and O–H groups in total. The molecular formula is C18H26IN5O2. The summed E-state index contributed by atoms with van der Waals surface area (Å²) in [6.07, 6.45) is 6.91. The number of fused-ring (bicyclic) bond motifs is 1. The molecule has 142 valence electrons. The smallest absolute Gasteiger partial charge is 0.231 e. The van der Waals surface area contributed by atoms with E-state index in [2.05, 4.69) is 33.0 Å². The molecule has 0 saturated heterocycles. The highest BCUT2D eigenvalue weighted by Gasteiger charge is 2.12. The van der Waals surface area contributed by atoms with Crippen molar-refractivity contribution < 1.29 is 9.47 Å². The van der Waals surface area contributed by atoms with Gasteiger partial charge in [0.2, 0.25) is 6.79 Å². The highest BCUT2D eigenvalue weighted by atomic mass is 127. The maximum Gasteiger partial charge on any atom is 0.231 e. The summed E-state index contributed by atoms with van der Waals surface area (Å²) < 4.78 is 12.6. The lowest BCUT2D eigenvalue weighted by atomic mass is 10.1. The number of nitrogens with zero attached hydrogens (tertiary/aromatic N) is 3. The maximum absolute atomic E-state index is 5.41. The van der Waals surface area contributed by atoms with Crippen molar-refractivity contribution in [1.29, 1.82) is 0 Å². The standard InChI is InChI=1S/C18H25N5O2.HI/c1-19-18(20-8-3-4-15-11-22-23(2)12-15)21-9-7-14-5-6-16-17(10-14)25-13-24-16;/h5-6,10-12H,3-4,7-9,13H2,1-2H3,(H2,19,20,21);1H. The van der Waals surface area contributed by atoms with Crippen molar-refractivity contribution in [2.24, 2.45) is 12.0 Å². The first-order chi connectivity index (χ1) is 12.2. The Morgan fingerprint density at radius 2 is 1.96 bits per heavy atom. The number of benzene rings is 1. The minimum absolute atomic E-state index is 0. The highest BCUT2D eigenvalue weighted by Crippen LogP contribution is 2.32. The van der Waals surface area contributed by atoms with Gasteiger partial charge in [0, 0.05) is 33.4 Å². The van der Waals surface area contributed by atoms with Crippen LogP contribution < -0.4 is 20.1 Å². The number of aliphatic imine (C=N–C) groups is 1. The van der Waals surface area contributed by atoms with E-state index in [4.69, 9.17) is 9.47 Å². The lowest BCUT2D eigenvalue weighted by molar-refractivity contribution is 0.174. The number of aryl methyl sites for hydroxylation is 2. The van der Waals surface area contributed by atoms with Crippen LogP contribution in [0.3, 0.4) is 0 Å². The largest absolute Gasteiger partial charge is 0.454 e. The Balaban J connectivity index is 0.00000243. The number of hydrogen-bond acceptors (Lipinski definition) is 4. The molecule has 0 atom stereocenters. The molecule has 1 aliphatic rings. The highest BCUT2D eigenvalue weighted by molar-refractivity contribution is 14.0. The van der Waals surface area contributed by atoms with E-state index in [-0.39, 0.29) is 24.0 Å². The van der Waals surface area contributed by atoms with E-state index in [9.17, 15) is 0 Å². The molecule has 7 nitrogen and oxygen atoms in total. The quantitative estimate of drug-likeness (QED) is 0.280. The molecule has 2 heterocycles. The SMILES string of the molecule is CN=C(NCCCc1cnn(C)c1)NCCc1ccc2c(c1)OCO2.I. The average molecular weight is 471 g/mol. The van der Waals surface area contributed by atoms with Gasteiger partial charge >= 0.3 is 0 Å². The van der Waals surface area contributed by atoms with Crippen molar-refractivity contribution in [2.75, 3.05) is 26.9 Å². The van der Waals surface area contributed by atoms with Crippen LogP contribution in [-0.2, 0) is 19.9 Å². The Bertz CT molecular complexity index is 732. The summed E-state index contributed by atoms with van der Waals surface area (Å²) in [5.41, 5.74) is 2.47. The van der Waals surface area contributed by atoms with Crippen LogP contribution in [0.1, 0.15) is 17.5 Å². The van der Waals surface area contributed by atoms with Crippen LogP contribution in [0.25, 0.3) is 0 Å². The monoisotopic (exact) mass is 471 g/mol. The van der Waals surface area contributed by atoms with E-state index < -0.39 is 0 Å². The number of ether oxygens (including phenoxy) is 2. The van der Waals surface area contributed by atoms with Crippen molar-refractivity contribution in [3.8, 4) is 11.5 Å². The lowest BCUT2D eigenvalue weighted by Gasteiger charge is -2.12. The van der Waals surface area contributed by atoms with Crippen LogP contribution in [0.4, 0.5) is 0 Å². The van der Waals surface area contributed by atoms with Crippen LogP contribution >= 0.6 is 24.0 Å². The van der Waals surface area contributed by atoms with Gasteiger partial charge in [0.25, 0.3) is 0 Å². The molecular weight excluding hydrogens is 445 g/mol. The fourth-order valence-electron chi connectivity index (χ4n) is 2.74. The van der Waals surface area contributed by atoms with Gasteiger partial charge in [0.1, 0.15) is 0 Å². The van der Waals surface area contributed by atoms with Gasteiger partial charge in [-0.1, -0.05) is 6.07 Å². The first-order valence-electron chi connectivity index (χ1n) is 8.55. The molecule has 0 unspecified atom stereocenters. The van der Waals surface area contributed by atoms with Crippen LogP contribution in [0.5, 0.6) is 11.5 Å². The van der Waals surface area contributed by atoms with E-state index in [1.807, 2.05) is 30.1 Å². The molecule has 0 spiro atoms. The van der Waals surface area contributed by atoms with Gasteiger partial charge in [-0.15, -0.1) is 24.0 Å². The van der Waals surface area contributed by atoms with Gasteiger partial charge in [0.05, 0.1) is 6.20 Å². The molecule has 0 saturated carbocycles. The lowest BCUT2D eigenvalue weighted by Crippen LogP contribution is -2.38. The van der Waals surface area contributed by atoms with Gasteiger partial charge in [0.15, 0.2) is 17.5 Å². The fourth-order valence-corrected chi connectivity index (χ4v) is 2.74. The van der Waals surface area contributed by atoms with Gasteiger partial charge in [-0.05, 0) is 42.5 Å². The van der Waals surface area contributed by atoms with Crippen LogP contribution in [0.2, 0.25) is 0 Å². The van der Waals surface area contributed by atoms with E-state index in [0.717, 1.165) is 49.8 Å². The van der Waals surface area contributed by atoms with Gasteiger partial charge in [-0.25, -0.2) is 0 Å². The molecule has 0 amide bonds. The first kappa shape index (κ1) is 20.3. The Labute approximate surface area is 171 Å². The van der Waals surface area contributed by atoms with Gasteiger partial charge in [-0.3, -0.25) is 9.67 Å². The predicted molar refractivity (Wildman–Crippen MR) is 113 cm³/mol. The molecule has 1 aliphatic heterocycles. The Hall–Kier alpha value is -1.97. The maximum atomic E-state index is 5.41. The minimum Gasteiger partial charge on any atom is -0.454 e. The van der Waals surface area contributed by atoms with Crippen molar-refractivity contribution in [3.05, 3.63) is 41.7 Å². The number of halogens is 1. The third-order valence-corrected chi connectivity index (χ3v) is 4.06. The molecule has 3 rings (SSSR count). The Morgan fingerprint density at radius 3 is 2.73 bits per heavy atom. The van der Waals surface area contributed by atoms with Crippen LogP contribution in [0.15, 0.2) is 35.6 Å². The average Bonchev–Trinajstić information content (AvgIpc) is 3.25. The van der Waals surface area contributed by atoms with Crippen molar-refractivity contribution >= 4 is 29.9 Å². The molecule has 26 heavy (non-hydrogen) atoms. The number of nitrogens with one attached hydrogen (secondary N) is 2. The fraction of sp³-hybridized carbons (Fsp3) is 0.444. The number of hydrogen-bond donors (Lipinski definition) is 2. The zero-order valence-corrected chi connectivity index (χ0v) is 17.5. The molecule has 0 radical (unpaired) electrons. The molecule has 2 aromatic rings. The zero-order chi connectivity index (χ0) is 17.5. The topological polar surface area (TPSA) is 72.7 Å². The molecule has 0 fully saturated rings. The number of aromatic nitrogens is 2. The minimum atomic E-state index is 0. The van der Waals surface area contributed by atoms with Gasteiger partial charge < -0.3 is 20.1 Å². The van der Waals surface area contributed by atoms with E-state index in [0.29, 0.717) is 6.79 Å². The molecule has 0 bridgehead atoms. The predicted octanol–water partition coefficient (Wildman–Crippen LogP) is 2.11. The summed E-state index contributed by atoms with van der Waals surface area (Å²) in [6, 6.07) is 6.07. The molecule has 8 heteroatoms. The summed E-state index contributed by atoms with van der Waals surface area (Å²) in [7, 11) is 3.73. The number of guanidine groups is 1. The van der Waals surface area contributed by atoms with Crippen LogP contribution in [0, 0.1) is 0 Å². The summed E-state index contributed by atoms with van der Waals surface area (Å²) in [6.45, 7) is 1.99. The second-order valence-electron chi connectivity index (χ2n) is 5.99. The number of rotatable bonds is 7. The van der Waals surface area contributed by atoms with E-state index in [1.54, 1.807) is 7.05 Å². The second-order valence-corrected chi connectivity index (χ2v) is 5.99. The summed E-state index contributed by atoms with van der Waals surface area (Å²) >= 11 is 0. The van der Waals surface area contributed by atoms with Crippen molar-refractivity contribution in [2.45, 2.75) is 19.3 Å². The van der Waals surface area contributed by atoms with Crippen molar-refractivity contribution in [1.82, 2.24) is 20.4 Å². The normalized spacial score (nSPS) is 12.6. The third-order valence-electron chi connectivity index (χ3n) is 4.06.